The minimum Gasteiger partial charge on any atom is -0.369 e. The standard InChI is InChI=1S/C26H21BrN4/c27-21-11-13-22(14-12-21)31-17-23(20-9-5-2-6-10-20)24-25(29-18-30-26(24)31)28-16-15-19-7-3-1-4-8-19/h1-14,17-18H,15-16H2,(H,28,29,30). The van der Waals surface area contributed by atoms with Crippen LogP contribution in [0.1, 0.15) is 5.56 Å². The van der Waals surface area contributed by atoms with Gasteiger partial charge in [0, 0.05) is 28.5 Å². The molecule has 31 heavy (non-hydrogen) atoms. The van der Waals surface area contributed by atoms with E-state index >= 15 is 0 Å². The van der Waals surface area contributed by atoms with Crippen LogP contribution in [0.4, 0.5) is 5.82 Å². The van der Waals surface area contributed by atoms with Crippen molar-refractivity contribution in [2.75, 3.05) is 11.9 Å². The van der Waals surface area contributed by atoms with Gasteiger partial charge in [0.05, 0.1) is 5.39 Å². The second-order valence-electron chi connectivity index (χ2n) is 7.34. The fraction of sp³-hybridized carbons (Fsp3) is 0.0769. The second-order valence-corrected chi connectivity index (χ2v) is 8.25. The summed E-state index contributed by atoms with van der Waals surface area (Å²) in [6.45, 7) is 0.799. The first-order valence-electron chi connectivity index (χ1n) is 10.2. The fourth-order valence-corrected chi connectivity index (χ4v) is 4.07. The van der Waals surface area contributed by atoms with Gasteiger partial charge in [0.2, 0.25) is 0 Å². The predicted octanol–water partition coefficient (Wildman–Crippen LogP) is 6.50. The lowest BCUT2D eigenvalue weighted by Crippen LogP contribution is -2.07. The smallest absolute Gasteiger partial charge is 0.150 e. The Morgan fingerprint density at radius 2 is 1.52 bits per heavy atom. The van der Waals surface area contributed by atoms with Crippen molar-refractivity contribution >= 4 is 32.8 Å². The molecule has 0 aliphatic rings. The van der Waals surface area contributed by atoms with Crippen LogP contribution in [0.5, 0.6) is 0 Å². The minimum atomic E-state index is 0.799. The molecule has 1 N–H and O–H groups in total. The summed E-state index contributed by atoms with van der Waals surface area (Å²) in [4.78, 5) is 9.26. The number of hydrogen-bond acceptors (Lipinski definition) is 3. The maximum absolute atomic E-state index is 4.65. The Labute approximate surface area is 189 Å². The Hall–Kier alpha value is -3.44. The van der Waals surface area contributed by atoms with Gasteiger partial charge in [-0.1, -0.05) is 76.6 Å². The molecule has 0 fully saturated rings. The van der Waals surface area contributed by atoms with E-state index in [1.165, 1.54) is 5.56 Å². The summed E-state index contributed by atoms with van der Waals surface area (Å²) < 4.78 is 3.18. The lowest BCUT2D eigenvalue weighted by molar-refractivity contribution is 1.00. The van der Waals surface area contributed by atoms with Crippen LogP contribution in [0.2, 0.25) is 0 Å². The minimum absolute atomic E-state index is 0.799. The summed E-state index contributed by atoms with van der Waals surface area (Å²) >= 11 is 3.52. The summed E-state index contributed by atoms with van der Waals surface area (Å²) in [5, 5.41) is 4.58. The molecule has 0 spiro atoms. The molecule has 0 saturated carbocycles. The Kier molecular flexibility index (Phi) is 5.50. The van der Waals surface area contributed by atoms with Gasteiger partial charge in [0.25, 0.3) is 0 Å². The van der Waals surface area contributed by atoms with E-state index in [1.807, 2.05) is 24.3 Å². The van der Waals surface area contributed by atoms with Gasteiger partial charge in [-0.3, -0.25) is 0 Å². The van der Waals surface area contributed by atoms with Crippen molar-refractivity contribution in [2.45, 2.75) is 6.42 Å². The van der Waals surface area contributed by atoms with Gasteiger partial charge < -0.3 is 9.88 Å². The average Bonchev–Trinajstić information content (AvgIpc) is 3.21. The molecule has 0 bridgehead atoms. The maximum atomic E-state index is 4.65. The molecule has 152 valence electrons. The molecule has 0 atom stereocenters. The van der Waals surface area contributed by atoms with Crippen molar-refractivity contribution in [2.24, 2.45) is 0 Å². The van der Waals surface area contributed by atoms with Gasteiger partial charge in [-0.2, -0.15) is 0 Å². The van der Waals surface area contributed by atoms with Gasteiger partial charge in [0.1, 0.15) is 12.1 Å². The van der Waals surface area contributed by atoms with E-state index in [0.717, 1.165) is 51.1 Å². The van der Waals surface area contributed by atoms with Crippen LogP contribution in [-0.2, 0) is 6.42 Å². The van der Waals surface area contributed by atoms with Crippen molar-refractivity contribution < 1.29 is 0 Å². The molecule has 0 aliphatic carbocycles. The Morgan fingerprint density at radius 3 is 2.26 bits per heavy atom. The first kappa shape index (κ1) is 19.5. The zero-order chi connectivity index (χ0) is 21.0. The number of rotatable bonds is 6. The highest BCUT2D eigenvalue weighted by molar-refractivity contribution is 9.10. The van der Waals surface area contributed by atoms with Crippen LogP contribution in [0.25, 0.3) is 27.8 Å². The summed E-state index contributed by atoms with van der Waals surface area (Å²) in [5.74, 6) is 0.857. The number of nitrogens with zero attached hydrogens (tertiary/aromatic N) is 3. The van der Waals surface area contributed by atoms with Crippen LogP contribution < -0.4 is 5.32 Å². The summed E-state index contributed by atoms with van der Waals surface area (Å²) in [6.07, 6.45) is 4.72. The van der Waals surface area contributed by atoms with E-state index in [2.05, 4.69) is 103 Å². The van der Waals surface area contributed by atoms with Crippen molar-refractivity contribution in [1.82, 2.24) is 14.5 Å². The van der Waals surface area contributed by atoms with Crippen LogP contribution in [0.15, 0.2) is 102 Å². The molecule has 0 aliphatic heterocycles. The third-order valence-electron chi connectivity index (χ3n) is 5.32. The van der Waals surface area contributed by atoms with Gasteiger partial charge in [-0.25, -0.2) is 9.97 Å². The topological polar surface area (TPSA) is 42.7 Å². The highest BCUT2D eigenvalue weighted by atomic mass is 79.9. The molecule has 3 aromatic carbocycles. The first-order chi connectivity index (χ1) is 15.3. The number of fused-ring (bicyclic) bond motifs is 1. The third-order valence-corrected chi connectivity index (χ3v) is 5.85. The van der Waals surface area contributed by atoms with E-state index in [-0.39, 0.29) is 0 Å². The normalized spacial score (nSPS) is 11.0. The highest BCUT2D eigenvalue weighted by Crippen LogP contribution is 2.35. The van der Waals surface area contributed by atoms with Crippen LogP contribution in [-0.4, -0.2) is 21.1 Å². The van der Waals surface area contributed by atoms with Crippen LogP contribution in [0.3, 0.4) is 0 Å². The van der Waals surface area contributed by atoms with Crippen LogP contribution >= 0.6 is 15.9 Å². The molecule has 0 radical (unpaired) electrons. The fourth-order valence-electron chi connectivity index (χ4n) is 3.80. The molecule has 0 unspecified atom stereocenters. The second kappa shape index (κ2) is 8.74. The van der Waals surface area contributed by atoms with Gasteiger partial charge >= 0.3 is 0 Å². The summed E-state index contributed by atoms with van der Waals surface area (Å²) in [5.41, 5.74) is 5.50. The lowest BCUT2D eigenvalue weighted by atomic mass is 10.1. The van der Waals surface area contributed by atoms with Crippen molar-refractivity contribution in [3.8, 4) is 16.8 Å². The van der Waals surface area contributed by atoms with E-state index < -0.39 is 0 Å². The molecule has 0 saturated heterocycles. The van der Waals surface area contributed by atoms with Crippen molar-refractivity contribution in [3.63, 3.8) is 0 Å². The van der Waals surface area contributed by atoms with E-state index in [1.54, 1.807) is 6.33 Å². The monoisotopic (exact) mass is 468 g/mol. The van der Waals surface area contributed by atoms with Crippen molar-refractivity contribution in [1.29, 1.82) is 0 Å². The zero-order valence-electron chi connectivity index (χ0n) is 16.9. The number of aromatic nitrogens is 3. The highest BCUT2D eigenvalue weighted by Gasteiger charge is 2.17. The Bertz CT molecular complexity index is 1300. The molecular formula is C26H21BrN4. The Balaban J connectivity index is 1.58. The van der Waals surface area contributed by atoms with Gasteiger partial charge in [-0.05, 0) is 41.8 Å². The molecule has 2 heterocycles. The Morgan fingerprint density at radius 1 is 0.806 bits per heavy atom. The van der Waals surface area contributed by atoms with E-state index in [4.69, 9.17) is 0 Å². The molecule has 5 rings (SSSR count). The molecule has 0 amide bonds. The van der Waals surface area contributed by atoms with Gasteiger partial charge in [0.15, 0.2) is 5.65 Å². The molecule has 5 aromatic rings. The molecule has 2 aromatic heterocycles. The van der Waals surface area contributed by atoms with Crippen LogP contribution in [0, 0.1) is 0 Å². The SMILES string of the molecule is Brc1ccc(-n2cc(-c3ccccc3)c3c(NCCc4ccccc4)ncnc32)cc1. The number of halogens is 1. The maximum Gasteiger partial charge on any atom is 0.150 e. The molecule has 4 nitrogen and oxygen atoms in total. The molecular weight excluding hydrogens is 448 g/mol. The average molecular weight is 469 g/mol. The van der Waals surface area contributed by atoms with E-state index in [0.29, 0.717) is 0 Å². The zero-order valence-corrected chi connectivity index (χ0v) is 18.5. The number of nitrogens with one attached hydrogen (secondary N) is 1. The molecule has 5 heteroatoms. The summed E-state index contributed by atoms with van der Waals surface area (Å²) in [6, 6.07) is 29.2. The number of hydrogen-bond donors (Lipinski definition) is 1. The lowest BCUT2D eigenvalue weighted by Gasteiger charge is -2.09. The first-order valence-corrected chi connectivity index (χ1v) is 11.0. The largest absolute Gasteiger partial charge is 0.369 e. The van der Waals surface area contributed by atoms with Gasteiger partial charge in [-0.15, -0.1) is 0 Å². The van der Waals surface area contributed by atoms with E-state index in [9.17, 15) is 0 Å². The number of anilines is 1. The van der Waals surface area contributed by atoms with Crippen molar-refractivity contribution in [3.05, 3.63) is 107 Å². The summed E-state index contributed by atoms with van der Waals surface area (Å²) in [7, 11) is 0. The number of benzene rings is 3. The predicted molar refractivity (Wildman–Crippen MR) is 131 cm³/mol. The third kappa shape index (κ3) is 4.09. The quantitative estimate of drug-likeness (QED) is 0.309.